The van der Waals surface area contributed by atoms with Gasteiger partial charge in [-0.3, -0.25) is 4.79 Å². The molecule has 0 saturated heterocycles. The van der Waals surface area contributed by atoms with E-state index in [1.807, 2.05) is 24.3 Å². The number of nitrogens with one attached hydrogen (secondary N) is 1. The summed E-state index contributed by atoms with van der Waals surface area (Å²) in [6, 6.07) is 11.6. The fraction of sp³-hybridized carbons (Fsp3) is 0.357. The number of hydrogen-bond acceptors (Lipinski definition) is 4. The van der Waals surface area contributed by atoms with Crippen LogP contribution in [0.15, 0.2) is 46.9 Å². The Balaban J connectivity index is 0.00000385. The SMILES string of the molecule is C.CCOC(=O)C(NC(=O)c1ccc(Cc2c(C)c(C)c(C)c(C)c2C)o1)c1ccccc1. The van der Waals surface area contributed by atoms with Crippen molar-refractivity contribution in [2.45, 2.75) is 61.4 Å². The molecule has 0 bridgehead atoms. The van der Waals surface area contributed by atoms with Crippen LogP contribution < -0.4 is 5.32 Å². The molecule has 0 aliphatic rings. The maximum Gasteiger partial charge on any atom is 0.333 e. The zero-order chi connectivity index (χ0) is 23.4. The molecule has 1 amide bonds. The van der Waals surface area contributed by atoms with Gasteiger partial charge in [-0.1, -0.05) is 37.8 Å². The van der Waals surface area contributed by atoms with Gasteiger partial charge in [0.25, 0.3) is 5.91 Å². The van der Waals surface area contributed by atoms with E-state index in [1.54, 1.807) is 25.1 Å². The largest absolute Gasteiger partial charge is 0.464 e. The molecule has 1 aromatic heterocycles. The summed E-state index contributed by atoms with van der Waals surface area (Å²) >= 11 is 0. The average Bonchev–Trinajstić information content (AvgIpc) is 3.27. The van der Waals surface area contributed by atoms with Gasteiger partial charge in [-0.25, -0.2) is 4.79 Å². The molecule has 3 rings (SSSR count). The fourth-order valence-corrected chi connectivity index (χ4v) is 3.96. The van der Waals surface area contributed by atoms with Crippen molar-refractivity contribution in [2.24, 2.45) is 0 Å². The van der Waals surface area contributed by atoms with Gasteiger partial charge in [0.2, 0.25) is 0 Å². The monoisotopic (exact) mass is 449 g/mol. The van der Waals surface area contributed by atoms with E-state index >= 15 is 0 Å². The molecule has 0 aliphatic carbocycles. The molecule has 1 heterocycles. The van der Waals surface area contributed by atoms with E-state index < -0.39 is 17.9 Å². The molecule has 3 aromatic rings. The number of hydrogen-bond donors (Lipinski definition) is 1. The van der Waals surface area contributed by atoms with Gasteiger partial charge in [-0.05, 0) is 92.6 Å². The lowest BCUT2D eigenvalue weighted by Gasteiger charge is -2.18. The van der Waals surface area contributed by atoms with Crippen LogP contribution in [0.1, 0.15) is 75.7 Å². The molecule has 2 aromatic carbocycles. The number of rotatable bonds is 7. The van der Waals surface area contributed by atoms with Crippen LogP contribution in [0.3, 0.4) is 0 Å². The predicted octanol–water partition coefficient (Wildman–Crippen LogP) is 6.08. The lowest BCUT2D eigenvalue weighted by atomic mass is 9.88. The molecule has 5 heteroatoms. The summed E-state index contributed by atoms with van der Waals surface area (Å²) < 4.78 is 11.0. The third-order valence-corrected chi connectivity index (χ3v) is 6.32. The number of benzene rings is 2. The maximum absolute atomic E-state index is 12.9. The Labute approximate surface area is 197 Å². The second kappa shape index (κ2) is 11.0. The highest BCUT2D eigenvalue weighted by Crippen LogP contribution is 2.28. The van der Waals surface area contributed by atoms with Crippen LogP contribution >= 0.6 is 0 Å². The van der Waals surface area contributed by atoms with E-state index in [0.29, 0.717) is 17.7 Å². The van der Waals surface area contributed by atoms with Crippen LogP contribution in [-0.2, 0) is 16.0 Å². The Bertz CT molecular complexity index is 1100. The summed E-state index contributed by atoms with van der Waals surface area (Å²) in [6.45, 7) is 12.7. The number of carbonyl (C=O) groups is 2. The molecule has 0 fully saturated rings. The average molecular weight is 450 g/mol. The van der Waals surface area contributed by atoms with Crippen molar-refractivity contribution in [3.8, 4) is 0 Å². The standard InChI is InChI=1S/C27H31NO4.CH4/c1-7-31-27(30)25(21-11-9-8-10-12-21)28-26(29)24-14-13-22(32-24)15-23-19(5)17(3)16(2)18(4)20(23)6;/h8-14,25H,7,15H2,1-6H3,(H,28,29);1H4. The van der Waals surface area contributed by atoms with Crippen molar-refractivity contribution >= 4 is 11.9 Å². The number of ether oxygens (including phenoxy) is 1. The molecular weight excluding hydrogens is 414 g/mol. The summed E-state index contributed by atoms with van der Waals surface area (Å²) in [7, 11) is 0. The summed E-state index contributed by atoms with van der Waals surface area (Å²) in [5, 5.41) is 2.75. The second-order valence-corrected chi connectivity index (χ2v) is 8.12. The molecule has 0 radical (unpaired) electrons. The van der Waals surface area contributed by atoms with Gasteiger partial charge in [0, 0.05) is 6.42 Å². The number of furan rings is 1. The third kappa shape index (κ3) is 5.54. The Morgan fingerprint density at radius 2 is 1.45 bits per heavy atom. The summed E-state index contributed by atoms with van der Waals surface area (Å²) in [6.07, 6.45) is 0.604. The molecule has 5 nitrogen and oxygen atoms in total. The Kier molecular flexibility index (Phi) is 8.63. The molecule has 1 atom stereocenters. The minimum atomic E-state index is -0.899. The first-order chi connectivity index (χ1) is 15.2. The Hall–Kier alpha value is -3.34. The normalized spacial score (nSPS) is 11.5. The van der Waals surface area contributed by atoms with E-state index in [2.05, 4.69) is 39.9 Å². The molecule has 1 unspecified atom stereocenters. The molecule has 176 valence electrons. The van der Waals surface area contributed by atoms with E-state index in [9.17, 15) is 9.59 Å². The van der Waals surface area contributed by atoms with Crippen LogP contribution in [0, 0.1) is 34.6 Å². The van der Waals surface area contributed by atoms with Crippen molar-refractivity contribution in [1.29, 1.82) is 0 Å². The zero-order valence-corrected chi connectivity index (χ0v) is 19.7. The van der Waals surface area contributed by atoms with Gasteiger partial charge in [-0.15, -0.1) is 0 Å². The fourth-order valence-electron chi connectivity index (χ4n) is 3.96. The Morgan fingerprint density at radius 3 is 2.03 bits per heavy atom. The second-order valence-electron chi connectivity index (χ2n) is 8.12. The number of amides is 1. The van der Waals surface area contributed by atoms with E-state index in [4.69, 9.17) is 9.15 Å². The smallest absolute Gasteiger partial charge is 0.333 e. The van der Waals surface area contributed by atoms with Gasteiger partial charge >= 0.3 is 5.97 Å². The molecule has 1 N–H and O–H groups in total. The van der Waals surface area contributed by atoms with Crippen molar-refractivity contribution in [3.63, 3.8) is 0 Å². The van der Waals surface area contributed by atoms with Crippen LogP contribution in [0.5, 0.6) is 0 Å². The van der Waals surface area contributed by atoms with Crippen molar-refractivity contribution < 1.29 is 18.7 Å². The minimum Gasteiger partial charge on any atom is -0.464 e. The van der Waals surface area contributed by atoms with E-state index in [-0.39, 0.29) is 19.8 Å². The lowest BCUT2D eigenvalue weighted by molar-refractivity contribution is -0.145. The summed E-state index contributed by atoms with van der Waals surface area (Å²) in [5.74, 6) is -0.0870. The summed E-state index contributed by atoms with van der Waals surface area (Å²) in [4.78, 5) is 25.3. The maximum atomic E-state index is 12.9. The zero-order valence-electron chi connectivity index (χ0n) is 19.7. The molecule has 0 saturated carbocycles. The first-order valence-corrected chi connectivity index (χ1v) is 10.9. The highest BCUT2D eigenvalue weighted by molar-refractivity contribution is 5.95. The highest BCUT2D eigenvalue weighted by Gasteiger charge is 2.26. The van der Waals surface area contributed by atoms with Crippen LogP contribution in [0.2, 0.25) is 0 Å². The number of carbonyl (C=O) groups excluding carboxylic acids is 2. The van der Waals surface area contributed by atoms with E-state index in [0.717, 1.165) is 0 Å². The lowest BCUT2D eigenvalue weighted by Crippen LogP contribution is -2.34. The predicted molar refractivity (Wildman–Crippen MR) is 132 cm³/mol. The first-order valence-electron chi connectivity index (χ1n) is 10.9. The minimum absolute atomic E-state index is 0. The molecule has 0 spiro atoms. The summed E-state index contributed by atoms with van der Waals surface area (Å²) in [5.41, 5.74) is 8.26. The van der Waals surface area contributed by atoms with Crippen LogP contribution in [-0.4, -0.2) is 18.5 Å². The van der Waals surface area contributed by atoms with Gasteiger partial charge in [0.05, 0.1) is 6.61 Å². The topological polar surface area (TPSA) is 68.5 Å². The van der Waals surface area contributed by atoms with Gasteiger partial charge in [0.1, 0.15) is 5.76 Å². The van der Waals surface area contributed by atoms with Crippen molar-refractivity contribution in [1.82, 2.24) is 5.32 Å². The third-order valence-electron chi connectivity index (χ3n) is 6.32. The molecule has 0 aliphatic heterocycles. The number of esters is 1. The van der Waals surface area contributed by atoms with Crippen molar-refractivity contribution in [3.05, 3.63) is 92.9 Å². The van der Waals surface area contributed by atoms with Crippen LogP contribution in [0.25, 0.3) is 0 Å². The molecular formula is C28H35NO4. The highest BCUT2D eigenvalue weighted by atomic mass is 16.5. The molecule has 33 heavy (non-hydrogen) atoms. The van der Waals surface area contributed by atoms with Gasteiger partial charge < -0.3 is 14.5 Å². The van der Waals surface area contributed by atoms with Crippen molar-refractivity contribution in [2.75, 3.05) is 6.61 Å². The van der Waals surface area contributed by atoms with Gasteiger partial charge in [0.15, 0.2) is 11.8 Å². The van der Waals surface area contributed by atoms with E-state index in [1.165, 1.54) is 33.4 Å². The van der Waals surface area contributed by atoms with Gasteiger partial charge in [-0.2, -0.15) is 0 Å². The quantitative estimate of drug-likeness (QED) is 0.444. The Morgan fingerprint density at radius 1 is 0.879 bits per heavy atom. The first kappa shape index (κ1) is 25.9. The van der Waals surface area contributed by atoms with Crippen LogP contribution in [0.4, 0.5) is 0 Å².